The van der Waals surface area contributed by atoms with Crippen molar-refractivity contribution < 1.29 is 13.2 Å². The largest absolute Gasteiger partial charge is 0.416 e. The number of nitrogens with one attached hydrogen (secondary N) is 1. The zero-order valence-corrected chi connectivity index (χ0v) is 18.5. The summed E-state index contributed by atoms with van der Waals surface area (Å²) in [5.74, 6) is 1.56. The number of hydrogen-bond donors (Lipinski definition) is 1. The minimum Gasteiger partial charge on any atom is -0.352 e. The molecule has 32 heavy (non-hydrogen) atoms. The number of nitrogens with zero attached hydrogens (tertiary/aromatic N) is 5. The van der Waals surface area contributed by atoms with E-state index in [9.17, 15) is 13.2 Å². The first kappa shape index (κ1) is 22.4. The van der Waals surface area contributed by atoms with Crippen LogP contribution in [0.25, 0.3) is 0 Å². The molecule has 11 heteroatoms. The number of pyridine rings is 1. The molecule has 1 atom stereocenters. The van der Waals surface area contributed by atoms with Gasteiger partial charge >= 0.3 is 6.18 Å². The van der Waals surface area contributed by atoms with Gasteiger partial charge in [0, 0.05) is 43.6 Å². The third-order valence-corrected chi connectivity index (χ3v) is 5.58. The Labute approximate surface area is 193 Å². The molecule has 0 saturated carbocycles. The third-order valence-electron chi connectivity index (χ3n) is 5.09. The number of piperazine rings is 1. The molecule has 3 heterocycles. The van der Waals surface area contributed by atoms with Gasteiger partial charge in [0.15, 0.2) is 0 Å². The van der Waals surface area contributed by atoms with Crippen LogP contribution in [0, 0.1) is 0 Å². The van der Waals surface area contributed by atoms with E-state index in [0.717, 1.165) is 18.0 Å². The Balaban J connectivity index is 1.50. The maximum atomic E-state index is 12.8. The first-order valence-electron chi connectivity index (χ1n) is 9.81. The van der Waals surface area contributed by atoms with Crippen molar-refractivity contribution in [3.8, 4) is 0 Å². The summed E-state index contributed by atoms with van der Waals surface area (Å²) in [6, 6.07) is 9.87. The normalized spacial score (nSPS) is 16.9. The Morgan fingerprint density at radius 1 is 1.06 bits per heavy atom. The molecule has 3 aromatic rings. The molecule has 0 bridgehead atoms. The number of aromatic nitrogens is 3. The second-order valence-electron chi connectivity index (χ2n) is 7.37. The summed E-state index contributed by atoms with van der Waals surface area (Å²) < 4.78 is 38.3. The fourth-order valence-electron chi connectivity index (χ4n) is 3.55. The highest BCUT2D eigenvalue weighted by molar-refractivity contribution is 6.32. The van der Waals surface area contributed by atoms with Crippen molar-refractivity contribution in [3.05, 3.63) is 64.4 Å². The fraction of sp³-hybridized carbons (Fsp3) is 0.286. The van der Waals surface area contributed by atoms with Crippen LogP contribution in [0.5, 0.6) is 0 Å². The number of anilines is 4. The summed E-state index contributed by atoms with van der Waals surface area (Å²) in [6.45, 7) is 3.98. The van der Waals surface area contributed by atoms with Crippen molar-refractivity contribution in [3.63, 3.8) is 0 Å². The van der Waals surface area contributed by atoms with Crippen LogP contribution >= 0.6 is 23.2 Å². The standard InChI is InChI=1S/C21H19Cl2F3N6/c1-13-12-31(19-16(22)3-2-8-27-19)9-10-32(13)20-29-17(23)11-18(30-20)28-15-6-4-14(5-7-15)21(24,25)26/h2-8,11,13H,9-10,12H2,1H3,(H,28,29,30). The van der Waals surface area contributed by atoms with E-state index in [1.54, 1.807) is 18.3 Å². The van der Waals surface area contributed by atoms with Gasteiger partial charge in [0.05, 0.1) is 10.6 Å². The molecule has 1 N–H and O–H groups in total. The van der Waals surface area contributed by atoms with Crippen LogP contribution in [-0.2, 0) is 6.18 Å². The number of rotatable bonds is 4. The number of hydrogen-bond acceptors (Lipinski definition) is 6. The van der Waals surface area contributed by atoms with Crippen LogP contribution in [0.2, 0.25) is 10.2 Å². The molecule has 1 saturated heterocycles. The lowest BCUT2D eigenvalue weighted by atomic mass is 10.2. The highest BCUT2D eigenvalue weighted by Crippen LogP contribution is 2.31. The van der Waals surface area contributed by atoms with Gasteiger partial charge < -0.3 is 15.1 Å². The van der Waals surface area contributed by atoms with Crippen LogP contribution in [-0.4, -0.2) is 40.6 Å². The molecule has 1 aliphatic heterocycles. The van der Waals surface area contributed by atoms with E-state index in [-0.39, 0.29) is 11.2 Å². The zero-order chi connectivity index (χ0) is 22.9. The maximum absolute atomic E-state index is 12.8. The fourth-order valence-corrected chi connectivity index (χ4v) is 3.97. The van der Waals surface area contributed by atoms with Gasteiger partial charge in [-0.2, -0.15) is 18.2 Å². The molecule has 1 unspecified atom stereocenters. The van der Waals surface area contributed by atoms with Crippen molar-refractivity contribution in [2.24, 2.45) is 0 Å². The Morgan fingerprint density at radius 2 is 1.81 bits per heavy atom. The SMILES string of the molecule is CC1CN(c2ncccc2Cl)CCN1c1nc(Cl)cc(Nc2ccc(C(F)(F)F)cc2)n1. The molecular weight excluding hydrogens is 464 g/mol. The molecular formula is C21H19Cl2F3N6. The summed E-state index contributed by atoms with van der Waals surface area (Å²) in [5, 5.41) is 3.81. The highest BCUT2D eigenvalue weighted by Gasteiger charge is 2.30. The van der Waals surface area contributed by atoms with Crippen molar-refractivity contribution in [2.75, 3.05) is 34.8 Å². The zero-order valence-electron chi connectivity index (χ0n) is 16.9. The van der Waals surface area contributed by atoms with Crippen molar-refractivity contribution in [2.45, 2.75) is 19.1 Å². The highest BCUT2D eigenvalue weighted by atomic mass is 35.5. The van der Waals surface area contributed by atoms with Gasteiger partial charge in [-0.25, -0.2) is 9.97 Å². The van der Waals surface area contributed by atoms with Crippen molar-refractivity contribution in [1.82, 2.24) is 15.0 Å². The van der Waals surface area contributed by atoms with Gasteiger partial charge in [-0.1, -0.05) is 23.2 Å². The topological polar surface area (TPSA) is 57.2 Å². The second kappa shape index (κ2) is 8.99. The molecule has 1 aromatic carbocycles. The van der Waals surface area contributed by atoms with Crippen LogP contribution in [0.15, 0.2) is 48.7 Å². The number of halogens is 5. The Kier molecular flexibility index (Phi) is 6.30. The molecule has 0 radical (unpaired) electrons. The maximum Gasteiger partial charge on any atom is 0.416 e. The predicted octanol–water partition coefficient (Wildman–Crippen LogP) is 5.66. The summed E-state index contributed by atoms with van der Waals surface area (Å²) in [4.78, 5) is 17.4. The van der Waals surface area contributed by atoms with Gasteiger partial charge in [-0.15, -0.1) is 0 Å². The van der Waals surface area contributed by atoms with Crippen LogP contribution in [0.3, 0.4) is 0 Å². The van der Waals surface area contributed by atoms with E-state index < -0.39 is 11.7 Å². The molecule has 6 nitrogen and oxygen atoms in total. The van der Waals surface area contributed by atoms with Crippen molar-refractivity contribution in [1.29, 1.82) is 0 Å². The smallest absolute Gasteiger partial charge is 0.352 e. The molecule has 0 aliphatic carbocycles. The average molecular weight is 483 g/mol. The second-order valence-corrected chi connectivity index (χ2v) is 8.17. The lowest BCUT2D eigenvalue weighted by Gasteiger charge is -2.40. The lowest BCUT2D eigenvalue weighted by molar-refractivity contribution is -0.137. The predicted molar refractivity (Wildman–Crippen MR) is 120 cm³/mol. The van der Waals surface area contributed by atoms with Crippen LogP contribution < -0.4 is 15.1 Å². The molecule has 2 aromatic heterocycles. The summed E-state index contributed by atoms with van der Waals surface area (Å²) in [6.07, 6.45) is -2.68. The van der Waals surface area contributed by atoms with E-state index in [1.807, 2.05) is 11.8 Å². The monoisotopic (exact) mass is 482 g/mol. The molecule has 0 spiro atoms. The summed E-state index contributed by atoms with van der Waals surface area (Å²) in [7, 11) is 0. The van der Waals surface area contributed by atoms with E-state index in [2.05, 4.69) is 25.2 Å². The Bertz CT molecular complexity index is 1090. The van der Waals surface area contributed by atoms with Crippen molar-refractivity contribution >= 4 is 46.5 Å². The third kappa shape index (κ3) is 4.99. The first-order chi connectivity index (χ1) is 15.2. The van der Waals surface area contributed by atoms with E-state index >= 15 is 0 Å². The van der Waals surface area contributed by atoms with E-state index in [4.69, 9.17) is 23.2 Å². The van der Waals surface area contributed by atoms with E-state index in [0.29, 0.717) is 42.1 Å². The Hall–Kier alpha value is -2.78. The molecule has 1 fully saturated rings. The molecule has 0 amide bonds. The molecule has 4 rings (SSSR count). The van der Waals surface area contributed by atoms with Gasteiger partial charge in [-0.05, 0) is 43.3 Å². The number of alkyl halides is 3. The summed E-state index contributed by atoms with van der Waals surface area (Å²) >= 11 is 12.5. The van der Waals surface area contributed by atoms with Crippen LogP contribution in [0.4, 0.5) is 36.4 Å². The van der Waals surface area contributed by atoms with Gasteiger partial charge in [0.2, 0.25) is 5.95 Å². The lowest BCUT2D eigenvalue weighted by Crippen LogP contribution is -2.53. The number of benzene rings is 1. The minimum absolute atomic E-state index is 0.0409. The first-order valence-corrected chi connectivity index (χ1v) is 10.6. The van der Waals surface area contributed by atoms with Crippen LogP contribution in [0.1, 0.15) is 12.5 Å². The van der Waals surface area contributed by atoms with Gasteiger partial charge in [-0.3, -0.25) is 0 Å². The quantitative estimate of drug-likeness (QED) is 0.484. The Morgan fingerprint density at radius 3 is 2.47 bits per heavy atom. The van der Waals surface area contributed by atoms with Gasteiger partial charge in [0.1, 0.15) is 16.8 Å². The van der Waals surface area contributed by atoms with E-state index in [1.165, 1.54) is 18.2 Å². The minimum atomic E-state index is -4.39. The summed E-state index contributed by atoms with van der Waals surface area (Å²) in [5.41, 5.74) is -0.259. The average Bonchev–Trinajstić information content (AvgIpc) is 2.73. The molecule has 168 valence electrons. The van der Waals surface area contributed by atoms with Gasteiger partial charge in [0.25, 0.3) is 0 Å². The molecule has 1 aliphatic rings.